The van der Waals surface area contributed by atoms with Gasteiger partial charge in [-0.2, -0.15) is 0 Å². The molecule has 0 bridgehead atoms. The van der Waals surface area contributed by atoms with Gasteiger partial charge in [-0.1, -0.05) is 22.9 Å². The quantitative estimate of drug-likeness (QED) is 0.582. The third-order valence-electron chi connectivity index (χ3n) is 2.77. The number of hydrogen-bond acceptors (Lipinski definition) is 4. The first-order valence-electron chi connectivity index (χ1n) is 6.85. The standard InChI is InChI=1S/C15H18BrN3OS/c1-2-7-17-9-12-8-15(20)19-14(18-12)10-21-13-5-3-11(16)4-6-13/h3-6,8,17H,2,7,9-10H2,1H3,(H,18,19,20). The summed E-state index contributed by atoms with van der Waals surface area (Å²) in [6, 6.07) is 9.64. The summed E-state index contributed by atoms with van der Waals surface area (Å²) in [4.78, 5) is 20.1. The molecule has 0 radical (unpaired) electrons. The van der Waals surface area contributed by atoms with Gasteiger partial charge in [0.25, 0.3) is 5.56 Å². The van der Waals surface area contributed by atoms with Gasteiger partial charge in [-0.3, -0.25) is 4.79 Å². The summed E-state index contributed by atoms with van der Waals surface area (Å²) in [7, 11) is 0. The average Bonchev–Trinajstić information content (AvgIpc) is 2.46. The van der Waals surface area contributed by atoms with Crippen LogP contribution in [0.25, 0.3) is 0 Å². The maximum absolute atomic E-state index is 11.7. The molecule has 4 nitrogen and oxygen atoms in total. The van der Waals surface area contributed by atoms with Crippen LogP contribution in [0, 0.1) is 0 Å². The predicted octanol–water partition coefficient (Wildman–Crippen LogP) is 3.32. The van der Waals surface area contributed by atoms with Gasteiger partial charge < -0.3 is 10.3 Å². The van der Waals surface area contributed by atoms with Crippen molar-refractivity contribution >= 4 is 27.7 Å². The molecule has 1 aromatic carbocycles. The van der Waals surface area contributed by atoms with Crippen LogP contribution in [0.5, 0.6) is 0 Å². The van der Waals surface area contributed by atoms with E-state index in [1.54, 1.807) is 17.8 Å². The Morgan fingerprint density at radius 2 is 2.10 bits per heavy atom. The fraction of sp³-hybridized carbons (Fsp3) is 0.333. The molecule has 112 valence electrons. The van der Waals surface area contributed by atoms with Crippen molar-refractivity contribution in [2.75, 3.05) is 6.54 Å². The van der Waals surface area contributed by atoms with E-state index < -0.39 is 0 Å². The van der Waals surface area contributed by atoms with E-state index in [0.29, 0.717) is 18.1 Å². The number of hydrogen-bond donors (Lipinski definition) is 2. The lowest BCUT2D eigenvalue weighted by atomic mass is 10.3. The monoisotopic (exact) mass is 367 g/mol. The second-order valence-corrected chi connectivity index (χ2v) is 6.57. The second kappa shape index (κ2) is 8.36. The van der Waals surface area contributed by atoms with E-state index in [1.165, 1.54) is 0 Å². The Morgan fingerprint density at radius 3 is 2.81 bits per heavy atom. The highest BCUT2D eigenvalue weighted by Gasteiger charge is 2.03. The van der Waals surface area contributed by atoms with Crippen molar-refractivity contribution in [3.63, 3.8) is 0 Å². The highest BCUT2D eigenvalue weighted by atomic mass is 79.9. The van der Waals surface area contributed by atoms with Crippen LogP contribution >= 0.6 is 27.7 Å². The zero-order valence-corrected chi connectivity index (χ0v) is 14.3. The van der Waals surface area contributed by atoms with Gasteiger partial charge in [0.15, 0.2) is 0 Å². The Kier molecular flexibility index (Phi) is 6.48. The molecule has 0 aliphatic rings. The van der Waals surface area contributed by atoms with Gasteiger partial charge >= 0.3 is 0 Å². The van der Waals surface area contributed by atoms with E-state index >= 15 is 0 Å². The molecule has 0 spiro atoms. The molecule has 1 heterocycles. The Labute approximate surface area is 136 Å². The number of H-pyrrole nitrogens is 1. The summed E-state index contributed by atoms with van der Waals surface area (Å²) in [5, 5.41) is 3.26. The molecule has 0 fully saturated rings. The third-order valence-corrected chi connectivity index (χ3v) is 4.32. The van der Waals surface area contributed by atoms with E-state index in [1.807, 2.05) is 24.3 Å². The lowest BCUT2D eigenvalue weighted by Gasteiger charge is -2.05. The molecule has 21 heavy (non-hydrogen) atoms. The minimum absolute atomic E-state index is 0.0929. The van der Waals surface area contributed by atoms with Gasteiger partial charge in [-0.05, 0) is 37.2 Å². The largest absolute Gasteiger partial charge is 0.311 e. The Balaban J connectivity index is 1.99. The molecule has 2 rings (SSSR count). The zero-order chi connectivity index (χ0) is 15.1. The maximum Gasteiger partial charge on any atom is 0.251 e. The van der Waals surface area contributed by atoms with Gasteiger partial charge in [0.05, 0.1) is 11.4 Å². The lowest BCUT2D eigenvalue weighted by molar-refractivity contribution is 0.659. The molecular weight excluding hydrogens is 350 g/mol. The minimum atomic E-state index is -0.0929. The topological polar surface area (TPSA) is 57.8 Å². The van der Waals surface area contributed by atoms with Gasteiger partial charge in [0, 0.05) is 22.0 Å². The van der Waals surface area contributed by atoms with Crippen molar-refractivity contribution in [1.82, 2.24) is 15.3 Å². The molecule has 6 heteroatoms. The fourth-order valence-corrected chi connectivity index (χ4v) is 2.83. The zero-order valence-electron chi connectivity index (χ0n) is 11.9. The number of halogens is 1. The Hall–Kier alpha value is -1.11. The predicted molar refractivity (Wildman–Crippen MR) is 90.6 cm³/mol. The van der Waals surface area contributed by atoms with Crippen LogP contribution in [-0.2, 0) is 12.3 Å². The summed E-state index contributed by atoms with van der Waals surface area (Å²) in [6.45, 7) is 3.67. The van der Waals surface area contributed by atoms with Crippen LogP contribution in [-0.4, -0.2) is 16.5 Å². The number of nitrogens with one attached hydrogen (secondary N) is 2. The Morgan fingerprint density at radius 1 is 1.33 bits per heavy atom. The summed E-state index contributed by atoms with van der Waals surface area (Å²) in [5.41, 5.74) is 0.698. The second-order valence-electron chi connectivity index (χ2n) is 4.60. The van der Waals surface area contributed by atoms with E-state index in [9.17, 15) is 4.79 Å². The normalized spacial score (nSPS) is 10.8. The number of benzene rings is 1. The first-order valence-corrected chi connectivity index (χ1v) is 8.63. The van der Waals surface area contributed by atoms with Crippen LogP contribution in [0.2, 0.25) is 0 Å². The summed E-state index contributed by atoms with van der Waals surface area (Å²) >= 11 is 5.07. The number of aromatic amines is 1. The van der Waals surface area contributed by atoms with Crippen LogP contribution in [0.3, 0.4) is 0 Å². The number of thioether (sulfide) groups is 1. The first-order chi connectivity index (χ1) is 10.2. The van der Waals surface area contributed by atoms with E-state index in [0.717, 1.165) is 28.0 Å². The van der Waals surface area contributed by atoms with Crippen LogP contribution in [0.15, 0.2) is 44.5 Å². The minimum Gasteiger partial charge on any atom is -0.311 e. The first kappa shape index (κ1) is 16.3. The van der Waals surface area contributed by atoms with Crippen molar-refractivity contribution in [1.29, 1.82) is 0 Å². The third kappa shape index (κ3) is 5.65. The molecule has 0 aliphatic heterocycles. The van der Waals surface area contributed by atoms with Gasteiger partial charge in [-0.15, -0.1) is 11.8 Å². The molecular formula is C15H18BrN3OS. The van der Waals surface area contributed by atoms with E-state index in [-0.39, 0.29) is 5.56 Å². The molecule has 0 atom stereocenters. The lowest BCUT2D eigenvalue weighted by Crippen LogP contribution is -2.19. The molecule has 0 saturated heterocycles. The summed E-state index contributed by atoms with van der Waals surface area (Å²) in [5.74, 6) is 1.36. The molecule has 0 amide bonds. The number of nitrogens with zero attached hydrogens (tertiary/aromatic N) is 1. The maximum atomic E-state index is 11.7. The average molecular weight is 368 g/mol. The van der Waals surface area contributed by atoms with Crippen LogP contribution < -0.4 is 10.9 Å². The number of rotatable bonds is 7. The molecule has 1 aromatic heterocycles. The van der Waals surface area contributed by atoms with E-state index in [2.05, 4.69) is 38.1 Å². The van der Waals surface area contributed by atoms with Crippen LogP contribution in [0.4, 0.5) is 0 Å². The van der Waals surface area contributed by atoms with Crippen molar-refractivity contribution in [3.8, 4) is 0 Å². The van der Waals surface area contributed by atoms with Crippen molar-refractivity contribution in [2.24, 2.45) is 0 Å². The highest BCUT2D eigenvalue weighted by molar-refractivity contribution is 9.10. The highest BCUT2D eigenvalue weighted by Crippen LogP contribution is 2.22. The molecule has 2 aromatic rings. The van der Waals surface area contributed by atoms with E-state index in [4.69, 9.17) is 0 Å². The van der Waals surface area contributed by atoms with Gasteiger partial charge in [0.1, 0.15) is 5.82 Å². The molecule has 0 unspecified atom stereocenters. The fourth-order valence-electron chi connectivity index (χ4n) is 1.80. The van der Waals surface area contributed by atoms with Crippen molar-refractivity contribution in [2.45, 2.75) is 30.5 Å². The van der Waals surface area contributed by atoms with Gasteiger partial charge in [0.2, 0.25) is 0 Å². The SMILES string of the molecule is CCCNCc1cc(=O)[nH]c(CSc2ccc(Br)cc2)n1. The molecule has 0 aliphatic carbocycles. The van der Waals surface area contributed by atoms with Crippen LogP contribution in [0.1, 0.15) is 24.9 Å². The Bertz CT molecular complexity index is 628. The molecule has 2 N–H and O–H groups in total. The van der Waals surface area contributed by atoms with Crippen molar-refractivity contribution < 1.29 is 0 Å². The smallest absolute Gasteiger partial charge is 0.251 e. The molecule has 0 saturated carbocycles. The summed E-state index contributed by atoms with van der Waals surface area (Å²) in [6.07, 6.45) is 1.06. The number of aromatic nitrogens is 2. The summed E-state index contributed by atoms with van der Waals surface area (Å²) < 4.78 is 1.06. The van der Waals surface area contributed by atoms with Crippen molar-refractivity contribution in [3.05, 3.63) is 56.7 Å². The van der Waals surface area contributed by atoms with Gasteiger partial charge in [-0.25, -0.2) is 4.98 Å².